The predicted octanol–water partition coefficient (Wildman–Crippen LogP) is 3.66. The van der Waals surface area contributed by atoms with Crippen molar-refractivity contribution >= 4 is 0 Å². The number of benzene rings is 1. The minimum atomic E-state index is 0. The molecule has 0 aliphatic rings. The minimum absolute atomic E-state index is 0. The second-order valence-electron chi connectivity index (χ2n) is 1.58. The van der Waals surface area contributed by atoms with Gasteiger partial charge in [0.25, 0.3) is 0 Å². The van der Waals surface area contributed by atoms with Crippen molar-refractivity contribution in [3.8, 4) is 0 Å². The van der Waals surface area contributed by atoms with Crippen LogP contribution >= 0.6 is 0 Å². The third-order valence-electron chi connectivity index (χ3n) is 0.885. The van der Waals surface area contributed by atoms with Crippen LogP contribution in [0, 0.1) is 19.9 Å². The average Bonchev–Trinajstić information content (AvgIpc) is 2.13. The van der Waals surface area contributed by atoms with E-state index in [1.165, 1.54) is 5.56 Å². The van der Waals surface area contributed by atoms with Crippen LogP contribution in [0.15, 0.2) is 24.3 Å². The zero-order chi connectivity index (χ0) is 9.11. The van der Waals surface area contributed by atoms with Gasteiger partial charge in [0.15, 0.2) is 0 Å². The van der Waals surface area contributed by atoms with Crippen molar-refractivity contribution in [3.63, 3.8) is 0 Å². The Bertz CT molecular complexity index is 135. The van der Waals surface area contributed by atoms with Gasteiger partial charge in [-0.3, -0.25) is 0 Å². The quantitative estimate of drug-likeness (QED) is 0.606. The van der Waals surface area contributed by atoms with Crippen molar-refractivity contribution in [2.75, 3.05) is 0 Å². The summed E-state index contributed by atoms with van der Waals surface area (Å²) in [6.45, 7) is 11.1. The molecule has 0 aliphatic carbocycles. The van der Waals surface area contributed by atoms with E-state index in [0.29, 0.717) is 0 Å². The van der Waals surface area contributed by atoms with Crippen LogP contribution in [0.4, 0.5) is 0 Å². The smallest absolute Gasteiger partial charge is 0 e. The van der Waals surface area contributed by atoms with Gasteiger partial charge in [-0.2, -0.15) is 42.8 Å². The molecule has 0 bridgehead atoms. The molecule has 1 heteroatoms. The third kappa shape index (κ3) is 13.0. The molecule has 12 heavy (non-hydrogen) atoms. The van der Waals surface area contributed by atoms with Crippen LogP contribution in [-0.2, 0) is 32.7 Å². The fourth-order valence-corrected chi connectivity index (χ4v) is 0.470. The first-order valence-corrected chi connectivity index (χ1v) is 4.03. The molecule has 0 saturated heterocycles. The van der Waals surface area contributed by atoms with E-state index in [1.54, 1.807) is 6.92 Å². The normalized spacial score (nSPS) is 6.08. The summed E-state index contributed by atoms with van der Waals surface area (Å²) in [5.74, 6) is 0. The molecule has 67 valence electrons. The van der Waals surface area contributed by atoms with E-state index in [0.717, 1.165) is 0 Å². The Hall–Kier alpha value is 0.324. The number of hydrogen-bond acceptors (Lipinski definition) is 0. The molecule has 1 rings (SSSR count). The first-order valence-electron chi connectivity index (χ1n) is 4.03. The fraction of sp³-hybridized carbons (Fsp3) is 0.364. The molecular weight excluding hydrogens is 221 g/mol. The van der Waals surface area contributed by atoms with E-state index in [1.807, 2.05) is 38.1 Å². The van der Waals surface area contributed by atoms with Crippen molar-refractivity contribution in [2.24, 2.45) is 0 Å². The van der Waals surface area contributed by atoms with Crippen LogP contribution in [0.5, 0.6) is 0 Å². The van der Waals surface area contributed by atoms with E-state index in [9.17, 15) is 0 Å². The van der Waals surface area contributed by atoms with E-state index in [2.05, 4.69) is 19.9 Å². The Balaban J connectivity index is -0.000000144. The van der Waals surface area contributed by atoms with E-state index >= 15 is 0 Å². The molecule has 0 aromatic heterocycles. The topological polar surface area (TPSA) is 0 Å². The third-order valence-corrected chi connectivity index (χ3v) is 0.885. The van der Waals surface area contributed by atoms with Crippen molar-refractivity contribution < 1.29 is 32.7 Å². The van der Waals surface area contributed by atoms with Crippen molar-refractivity contribution in [2.45, 2.75) is 27.7 Å². The summed E-state index contributed by atoms with van der Waals surface area (Å²) in [6.07, 6.45) is 0. The SMILES string of the molecule is CC.Cc1cc[c-]cc1.[CH2-]C.[Y]. The Morgan fingerprint density at radius 1 is 1.08 bits per heavy atom. The maximum absolute atomic E-state index is 3.25. The summed E-state index contributed by atoms with van der Waals surface area (Å²) in [4.78, 5) is 0. The van der Waals surface area contributed by atoms with Gasteiger partial charge in [-0.05, 0) is 0 Å². The molecule has 0 spiro atoms. The van der Waals surface area contributed by atoms with Gasteiger partial charge in [-0.1, -0.05) is 20.8 Å². The van der Waals surface area contributed by atoms with Gasteiger partial charge in [0.1, 0.15) is 0 Å². The predicted molar refractivity (Wildman–Crippen MR) is 52.4 cm³/mol. The largest absolute Gasteiger partial charge is 0.346 e. The van der Waals surface area contributed by atoms with Crippen LogP contribution < -0.4 is 0 Å². The summed E-state index contributed by atoms with van der Waals surface area (Å²) in [5.41, 5.74) is 1.29. The summed E-state index contributed by atoms with van der Waals surface area (Å²) in [7, 11) is 0. The summed E-state index contributed by atoms with van der Waals surface area (Å²) >= 11 is 0. The van der Waals surface area contributed by atoms with Gasteiger partial charge >= 0.3 is 0 Å². The van der Waals surface area contributed by atoms with Crippen LogP contribution in [0.25, 0.3) is 0 Å². The Labute approximate surface area is 103 Å². The standard InChI is InChI=1S/C7H7.C2H6.C2H5.Y/c1-7-5-3-2-4-6-7;2*1-2;/h3-6H,1H3;1-2H3;1H2,2H3;/q-1;;-1;. The van der Waals surface area contributed by atoms with Crippen molar-refractivity contribution in [3.05, 3.63) is 42.8 Å². The zero-order valence-electron chi connectivity index (χ0n) is 8.59. The molecule has 0 atom stereocenters. The molecule has 0 amide bonds. The second kappa shape index (κ2) is 17.4. The molecule has 1 aromatic rings. The molecule has 0 unspecified atom stereocenters. The summed E-state index contributed by atoms with van der Waals surface area (Å²) in [6, 6.07) is 10.8. The van der Waals surface area contributed by atoms with Gasteiger partial charge in [0, 0.05) is 32.7 Å². The second-order valence-corrected chi connectivity index (χ2v) is 1.58. The summed E-state index contributed by atoms with van der Waals surface area (Å²) < 4.78 is 0. The Morgan fingerprint density at radius 3 is 1.58 bits per heavy atom. The molecule has 1 aromatic carbocycles. The molecule has 0 saturated carbocycles. The van der Waals surface area contributed by atoms with Gasteiger partial charge < -0.3 is 6.92 Å². The van der Waals surface area contributed by atoms with Crippen molar-refractivity contribution in [1.82, 2.24) is 0 Å². The van der Waals surface area contributed by atoms with Crippen LogP contribution in [0.2, 0.25) is 0 Å². The van der Waals surface area contributed by atoms with Crippen LogP contribution in [0.1, 0.15) is 26.3 Å². The van der Waals surface area contributed by atoms with Gasteiger partial charge in [-0.25, -0.2) is 0 Å². The maximum atomic E-state index is 3.25. The van der Waals surface area contributed by atoms with E-state index < -0.39 is 0 Å². The number of rotatable bonds is 0. The molecule has 0 heterocycles. The zero-order valence-corrected chi connectivity index (χ0v) is 11.4. The maximum Gasteiger partial charge on any atom is 0 e. The Kier molecular flexibility index (Phi) is 26.4. The average molecular weight is 239 g/mol. The molecule has 1 radical (unpaired) electrons. The van der Waals surface area contributed by atoms with E-state index in [4.69, 9.17) is 0 Å². The van der Waals surface area contributed by atoms with Gasteiger partial charge in [-0.15, -0.1) is 0 Å². The molecule has 0 N–H and O–H groups in total. The van der Waals surface area contributed by atoms with E-state index in [-0.39, 0.29) is 32.7 Å². The summed E-state index contributed by atoms with van der Waals surface area (Å²) in [5, 5.41) is 0. The van der Waals surface area contributed by atoms with Crippen molar-refractivity contribution in [1.29, 1.82) is 0 Å². The van der Waals surface area contributed by atoms with Gasteiger partial charge in [0.2, 0.25) is 0 Å². The first-order chi connectivity index (χ1) is 5.39. The number of hydrogen-bond donors (Lipinski definition) is 0. The van der Waals surface area contributed by atoms with Gasteiger partial charge in [0.05, 0.1) is 0 Å². The molecule has 0 fully saturated rings. The van der Waals surface area contributed by atoms with Crippen LogP contribution in [0.3, 0.4) is 0 Å². The van der Waals surface area contributed by atoms with Crippen LogP contribution in [-0.4, -0.2) is 0 Å². The first kappa shape index (κ1) is 18.2. The Morgan fingerprint density at radius 2 is 1.42 bits per heavy atom. The monoisotopic (exact) mass is 239 g/mol. The minimum Gasteiger partial charge on any atom is -0.346 e. The molecular formula is C11H18Y-2. The number of aryl methyl sites for hydroxylation is 1. The molecule has 0 nitrogen and oxygen atoms in total. The fourth-order valence-electron chi connectivity index (χ4n) is 0.470. The molecule has 0 aliphatic heterocycles.